The highest BCUT2D eigenvalue weighted by molar-refractivity contribution is 5.96. The third-order valence-electron chi connectivity index (χ3n) is 2.82. The van der Waals surface area contributed by atoms with E-state index in [4.69, 9.17) is 5.73 Å². The van der Waals surface area contributed by atoms with Crippen LogP contribution in [0.3, 0.4) is 0 Å². The Morgan fingerprint density at radius 3 is 2.65 bits per heavy atom. The molecule has 0 saturated heterocycles. The van der Waals surface area contributed by atoms with Crippen molar-refractivity contribution < 1.29 is 9.90 Å². The molecular weight excluding hydrogens is 216 g/mol. The molecule has 0 saturated carbocycles. The molecule has 0 spiro atoms. The van der Waals surface area contributed by atoms with Crippen LogP contribution in [0, 0.1) is 12.8 Å². The maximum atomic E-state index is 12.0. The van der Waals surface area contributed by atoms with Gasteiger partial charge >= 0.3 is 0 Å². The summed E-state index contributed by atoms with van der Waals surface area (Å²) in [6, 6.07) is 4.99. The van der Waals surface area contributed by atoms with Gasteiger partial charge in [-0.15, -0.1) is 0 Å². The highest BCUT2D eigenvalue weighted by Crippen LogP contribution is 2.13. The normalized spacial score (nSPS) is 12.5. The Kier molecular flexibility index (Phi) is 4.52. The van der Waals surface area contributed by atoms with Crippen molar-refractivity contribution in [1.82, 2.24) is 5.32 Å². The maximum absolute atomic E-state index is 12.0. The molecule has 0 fully saturated rings. The number of amides is 1. The zero-order chi connectivity index (χ0) is 13.0. The fraction of sp³-hybridized carbons (Fsp3) is 0.462. The van der Waals surface area contributed by atoms with Crippen LogP contribution in [-0.4, -0.2) is 23.7 Å². The minimum absolute atomic E-state index is 0.0647. The standard InChI is InChI=1S/C13H20N2O2/c1-8(2)12(7-16)15-13(17)11-6-10(14)5-4-9(11)3/h4-6,8,12,16H,7,14H2,1-3H3,(H,15,17). The Morgan fingerprint density at radius 1 is 1.47 bits per heavy atom. The summed E-state index contributed by atoms with van der Waals surface area (Å²) in [6.07, 6.45) is 0. The van der Waals surface area contributed by atoms with Crippen LogP contribution >= 0.6 is 0 Å². The van der Waals surface area contributed by atoms with E-state index in [9.17, 15) is 9.90 Å². The van der Waals surface area contributed by atoms with E-state index in [1.165, 1.54) is 0 Å². The summed E-state index contributed by atoms with van der Waals surface area (Å²) in [4.78, 5) is 12.0. The number of hydrogen-bond acceptors (Lipinski definition) is 3. The third kappa shape index (κ3) is 3.46. The van der Waals surface area contributed by atoms with Gasteiger partial charge in [-0.05, 0) is 30.5 Å². The van der Waals surface area contributed by atoms with Gasteiger partial charge in [-0.3, -0.25) is 4.79 Å². The number of nitrogen functional groups attached to an aromatic ring is 1. The number of aliphatic hydroxyl groups excluding tert-OH is 1. The number of anilines is 1. The molecule has 94 valence electrons. The predicted octanol–water partition coefficient (Wildman–Crippen LogP) is 1.32. The van der Waals surface area contributed by atoms with Crippen LogP contribution < -0.4 is 11.1 Å². The Labute approximate surface area is 102 Å². The zero-order valence-corrected chi connectivity index (χ0v) is 10.5. The molecule has 1 atom stereocenters. The predicted molar refractivity (Wildman–Crippen MR) is 68.8 cm³/mol. The summed E-state index contributed by atoms with van der Waals surface area (Å²) in [5.41, 5.74) is 7.65. The van der Waals surface area contributed by atoms with Gasteiger partial charge in [-0.2, -0.15) is 0 Å². The van der Waals surface area contributed by atoms with E-state index in [2.05, 4.69) is 5.32 Å². The summed E-state index contributed by atoms with van der Waals surface area (Å²) in [6.45, 7) is 5.70. The first-order valence-corrected chi connectivity index (χ1v) is 5.73. The maximum Gasteiger partial charge on any atom is 0.251 e. The summed E-state index contributed by atoms with van der Waals surface area (Å²) in [5.74, 6) is -0.00661. The van der Waals surface area contributed by atoms with Crippen molar-refractivity contribution in [3.8, 4) is 0 Å². The van der Waals surface area contributed by atoms with Gasteiger partial charge in [0, 0.05) is 11.3 Å². The van der Waals surface area contributed by atoms with E-state index >= 15 is 0 Å². The SMILES string of the molecule is Cc1ccc(N)cc1C(=O)NC(CO)C(C)C. The molecule has 0 heterocycles. The van der Waals surface area contributed by atoms with E-state index in [0.717, 1.165) is 5.56 Å². The molecule has 17 heavy (non-hydrogen) atoms. The van der Waals surface area contributed by atoms with Crippen LogP contribution in [0.1, 0.15) is 29.8 Å². The number of hydrogen-bond donors (Lipinski definition) is 3. The molecule has 4 heteroatoms. The lowest BCUT2D eigenvalue weighted by Crippen LogP contribution is -2.41. The second-order valence-corrected chi connectivity index (χ2v) is 4.58. The molecule has 1 amide bonds. The molecule has 0 aliphatic rings. The van der Waals surface area contributed by atoms with Gasteiger partial charge in [0.15, 0.2) is 0 Å². The molecule has 0 aliphatic carbocycles. The van der Waals surface area contributed by atoms with Crippen molar-refractivity contribution in [3.05, 3.63) is 29.3 Å². The fourth-order valence-corrected chi connectivity index (χ4v) is 1.55. The molecule has 4 nitrogen and oxygen atoms in total. The Morgan fingerprint density at radius 2 is 2.12 bits per heavy atom. The van der Waals surface area contributed by atoms with Crippen LogP contribution in [0.2, 0.25) is 0 Å². The number of aryl methyl sites for hydroxylation is 1. The van der Waals surface area contributed by atoms with Gasteiger partial charge in [0.05, 0.1) is 12.6 Å². The monoisotopic (exact) mass is 236 g/mol. The van der Waals surface area contributed by atoms with Crippen LogP contribution in [0.5, 0.6) is 0 Å². The molecule has 0 radical (unpaired) electrons. The highest BCUT2D eigenvalue weighted by atomic mass is 16.3. The minimum atomic E-state index is -0.233. The highest BCUT2D eigenvalue weighted by Gasteiger charge is 2.17. The van der Waals surface area contributed by atoms with Crippen molar-refractivity contribution >= 4 is 11.6 Å². The largest absolute Gasteiger partial charge is 0.399 e. The van der Waals surface area contributed by atoms with Gasteiger partial charge in [0.25, 0.3) is 5.91 Å². The molecule has 1 aromatic rings. The second kappa shape index (κ2) is 5.68. The first-order valence-electron chi connectivity index (χ1n) is 5.73. The lowest BCUT2D eigenvalue weighted by atomic mass is 10.0. The van der Waals surface area contributed by atoms with Crippen molar-refractivity contribution in [2.24, 2.45) is 5.92 Å². The Balaban J connectivity index is 2.86. The van der Waals surface area contributed by atoms with Crippen LogP contribution in [0.25, 0.3) is 0 Å². The summed E-state index contributed by atoms with van der Waals surface area (Å²) >= 11 is 0. The summed E-state index contributed by atoms with van der Waals surface area (Å²) in [7, 11) is 0. The van der Waals surface area contributed by atoms with Crippen molar-refractivity contribution in [3.63, 3.8) is 0 Å². The Bertz CT molecular complexity index is 402. The van der Waals surface area contributed by atoms with E-state index in [1.54, 1.807) is 12.1 Å². The lowest BCUT2D eigenvalue weighted by Gasteiger charge is -2.20. The Hall–Kier alpha value is -1.55. The zero-order valence-electron chi connectivity index (χ0n) is 10.5. The molecular formula is C13H20N2O2. The molecule has 0 aliphatic heterocycles. The molecule has 1 rings (SSSR count). The third-order valence-corrected chi connectivity index (χ3v) is 2.82. The lowest BCUT2D eigenvalue weighted by molar-refractivity contribution is 0.0896. The van der Waals surface area contributed by atoms with Crippen molar-refractivity contribution in [2.45, 2.75) is 26.8 Å². The summed E-state index contributed by atoms with van der Waals surface area (Å²) < 4.78 is 0. The number of nitrogens with one attached hydrogen (secondary N) is 1. The number of carbonyl (C=O) groups is 1. The van der Waals surface area contributed by atoms with Gasteiger partial charge in [-0.1, -0.05) is 19.9 Å². The van der Waals surface area contributed by atoms with Crippen LogP contribution in [-0.2, 0) is 0 Å². The van der Waals surface area contributed by atoms with E-state index < -0.39 is 0 Å². The minimum Gasteiger partial charge on any atom is -0.399 e. The van der Waals surface area contributed by atoms with Gasteiger partial charge in [0.1, 0.15) is 0 Å². The fourth-order valence-electron chi connectivity index (χ4n) is 1.55. The molecule has 1 aromatic carbocycles. The van der Waals surface area contributed by atoms with Gasteiger partial charge in [-0.25, -0.2) is 0 Å². The van der Waals surface area contributed by atoms with Crippen molar-refractivity contribution in [1.29, 1.82) is 0 Å². The molecule has 4 N–H and O–H groups in total. The van der Waals surface area contributed by atoms with E-state index in [0.29, 0.717) is 11.3 Å². The van der Waals surface area contributed by atoms with Crippen LogP contribution in [0.4, 0.5) is 5.69 Å². The van der Waals surface area contributed by atoms with Gasteiger partial charge in [0.2, 0.25) is 0 Å². The number of nitrogens with two attached hydrogens (primary N) is 1. The smallest absolute Gasteiger partial charge is 0.251 e. The first-order chi connectivity index (χ1) is 7.95. The van der Waals surface area contributed by atoms with E-state index in [-0.39, 0.29) is 24.5 Å². The quantitative estimate of drug-likeness (QED) is 0.690. The average Bonchev–Trinajstić information content (AvgIpc) is 2.28. The topological polar surface area (TPSA) is 75.4 Å². The molecule has 0 bridgehead atoms. The number of carbonyl (C=O) groups excluding carboxylic acids is 1. The molecule has 1 unspecified atom stereocenters. The number of rotatable bonds is 4. The first kappa shape index (κ1) is 13.5. The molecule has 0 aromatic heterocycles. The average molecular weight is 236 g/mol. The number of benzene rings is 1. The summed E-state index contributed by atoms with van der Waals surface area (Å²) in [5, 5.41) is 12.0. The van der Waals surface area contributed by atoms with E-state index in [1.807, 2.05) is 26.8 Å². The van der Waals surface area contributed by atoms with Crippen LogP contribution in [0.15, 0.2) is 18.2 Å². The second-order valence-electron chi connectivity index (χ2n) is 4.58. The van der Waals surface area contributed by atoms with Gasteiger partial charge < -0.3 is 16.2 Å². The van der Waals surface area contributed by atoms with Crippen molar-refractivity contribution in [2.75, 3.05) is 12.3 Å². The number of aliphatic hydroxyl groups is 1.